The van der Waals surface area contributed by atoms with E-state index in [0.29, 0.717) is 17.5 Å². The van der Waals surface area contributed by atoms with Crippen molar-refractivity contribution in [3.8, 4) is 0 Å². The summed E-state index contributed by atoms with van der Waals surface area (Å²) in [5, 5.41) is 3.97. The maximum atomic E-state index is 6.15. The van der Waals surface area contributed by atoms with E-state index < -0.39 is 0 Å². The van der Waals surface area contributed by atoms with Gasteiger partial charge in [-0.2, -0.15) is 0 Å². The number of nitrogens with one attached hydrogen (secondary N) is 1. The minimum absolute atomic E-state index is 0.254. The Morgan fingerprint density at radius 3 is 2.69 bits per heavy atom. The first-order valence-corrected chi connectivity index (χ1v) is 5.52. The Hall–Kier alpha value is 0.210. The number of rotatable bonds is 2. The molecule has 1 N–H and O–H groups in total. The third-order valence-corrected chi connectivity index (χ3v) is 4.26. The molecular weight excluding hydrogens is 186 g/mol. The van der Waals surface area contributed by atoms with Crippen LogP contribution in [-0.4, -0.2) is 30.7 Å². The van der Waals surface area contributed by atoms with E-state index in [4.69, 9.17) is 16.3 Å². The Morgan fingerprint density at radius 1 is 1.46 bits per heavy atom. The number of halogens is 1. The van der Waals surface area contributed by atoms with E-state index in [1.807, 2.05) is 0 Å². The molecule has 13 heavy (non-hydrogen) atoms. The summed E-state index contributed by atoms with van der Waals surface area (Å²) >= 11 is 6.15. The molecule has 0 spiro atoms. The van der Waals surface area contributed by atoms with Gasteiger partial charge in [0.25, 0.3) is 0 Å². The predicted molar refractivity (Wildman–Crippen MR) is 54.2 cm³/mol. The molecule has 3 atom stereocenters. The third kappa shape index (κ3) is 1.72. The molecule has 3 heteroatoms. The SMILES string of the molecule is CC1(C)C(Cl)CC1NC1CCOC1. The van der Waals surface area contributed by atoms with Crippen molar-refractivity contribution < 1.29 is 4.74 Å². The van der Waals surface area contributed by atoms with Crippen LogP contribution >= 0.6 is 11.6 Å². The van der Waals surface area contributed by atoms with Gasteiger partial charge in [0.2, 0.25) is 0 Å². The molecule has 1 heterocycles. The quantitative estimate of drug-likeness (QED) is 0.691. The largest absolute Gasteiger partial charge is 0.380 e. The molecule has 1 aliphatic heterocycles. The molecule has 0 aromatic rings. The fourth-order valence-electron chi connectivity index (χ4n) is 2.11. The molecule has 2 nitrogen and oxygen atoms in total. The van der Waals surface area contributed by atoms with Crippen LogP contribution in [0, 0.1) is 5.41 Å². The topological polar surface area (TPSA) is 21.3 Å². The minimum Gasteiger partial charge on any atom is -0.380 e. The highest BCUT2D eigenvalue weighted by Gasteiger charge is 2.47. The van der Waals surface area contributed by atoms with Gasteiger partial charge in [0.1, 0.15) is 0 Å². The van der Waals surface area contributed by atoms with Crippen molar-refractivity contribution in [2.45, 2.75) is 44.1 Å². The van der Waals surface area contributed by atoms with Crippen molar-refractivity contribution in [2.24, 2.45) is 5.41 Å². The maximum absolute atomic E-state index is 6.15. The summed E-state index contributed by atoms with van der Waals surface area (Å²) in [7, 11) is 0. The van der Waals surface area contributed by atoms with Crippen LogP contribution in [0.4, 0.5) is 0 Å². The molecule has 2 fully saturated rings. The van der Waals surface area contributed by atoms with E-state index >= 15 is 0 Å². The van der Waals surface area contributed by atoms with Gasteiger partial charge >= 0.3 is 0 Å². The van der Waals surface area contributed by atoms with Gasteiger partial charge in [0.15, 0.2) is 0 Å². The van der Waals surface area contributed by atoms with Crippen LogP contribution in [0.15, 0.2) is 0 Å². The normalized spacial score (nSPS) is 43.2. The van der Waals surface area contributed by atoms with Crippen LogP contribution in [-0.2, 0) is 4.74 Å². The number of alkyl halides is 1. The second kappa shape index (κ2) is 3.41. The van der Waals surface area contributed by atoms with Crippen LogP contribution in [0.2, 0.25) is 0 Å². The fraction of sp³-hybridized carbons (Fsp3) is 1.00. The zero-order chi connectivity index (χ0) is 9.47. The molecule has 2 rings (SSSR count). The molecule has 0 aromatic carbocycles. The summed E-state index contributed by atoms with van der Waals surface area (Å²) < 4.78 is 5.33. The van der Waals surface area contributed by atoms with Crippen LogP contribution in [0.25, 0.3) is 0 Å². The Bertz CT molecular complexity index is 189. The number of hydrogen-bond donors (Lipinski definition) is 1. The Kier molecular flexibility index (Phi) is 2.56. The van der Waals surface area contributed by atoms with Gasteiger partial charge in [-0.3, -0.25) is 0 Å². The summed E-state index contributed by atoms with van der Waals surface area (Å²) in [6.45, 7) is 6.26. The standard InChI is InChI=1S/C10H18ClNO/c1-10(2)8(11)5-9(10)12-7-3-4-13-6-7/h7-9,12H,3-6H2,1-2H3. The van der Waals surface area contributed by atoms with E-state index in [9.17, 15) is 0 Å². The number of ether oxygens (including phenoxy) is 1. The Labute approximate surface area is 85.0 Å². The van der Waals surface area contributed by atoms with Crippen molar-refractivity contribution in [1.82, 2.24) is 5.32 Å². The van der Waals surface area contributed by atoms with Gasteiger partial charge in [0.05, 0.1) is 6.61 Å². The molecule has 76 valence electrons. The van der Waals surface area contributed by atoms with E-state index in [-0.39, 0.29) is 5.41 Å². The van der Waals surface area contributed by atoms with E-state index in [1.54, 1.807) is 0 Å². The lowest BCUT2D eigenvalue weighted by molar-refractivity contribution is 0.1000. The average Bonchev–Trinajstić information content (AvgIpc) is 2.56. The lowest BCUT2D eigenvalue weighted by Crippen LogP contribution is -2.60. The van der Waals surface area contributed by atoms with E-state index in [2.05, 4.69) is 19.2 Å². The van der Waals surface area contributed by atoms with E-state index in [0.717, 1.165) is 26.1 Å². The second-order valence-corrected chi connectivity index (χ2v) is 5.33. The first-order valence-electron chi connectivity index (χ1n) is 5.08. The van der Waals surface area contributed by atoms with Gasteiger partial charge < -0.3 is 10.1 Å². The van der Waals surface area contributed by atoms with Gasteiger partial charge in [-0.25, -0.2) is 0 Å². The highest BCUT2D eigenvalue weighted by molar-refractivity contribution is 6.21. The summed E-state index contributed by atoms with van der Waals surface area (Å²) in [5.74, 6) is 0. The molecule has 2 aliphatic rings. The maximum Gasteiger partial charge on any atom is 0.0620 e. The van der Waals surface area contributed by atoms with Crippen molar-refractivity contribution in [3.05, 3.63) is 0 Å². The summed E-state index contributed by atoms with van der Waals surface area (Å²) in [5.41, 5.74) is 0.254. The molecule has 1 saturated carbocycles. The van der Waals surface area contributed by atoms with Crippen molar-refractivity contribution in [1.29, 1.82) is 0 Å². The van der Waals surface area contributed by atoms with Crippen LogP contribution < -0.4 is 5.32 Å². The summed E-state index contributed by atoms with van der Waals surface area (Å²) in [4.78, 5) is 0. The van der Waals surface area contributed by atoms with Crippen molar-refractivity contribution in [2.75, 3.05) is 13.2 Å². The summed E-state index contributed by atoms with van der Waals surface area (Å²) in [6, 6.07) is 1.15. The summed E-state index contributed by atoms with van der Waals surface area (Å²) in [6.07, 6.45) is 2.25. The molecule has 0 amide bonds. The molecule has 0 bridgehead atoms. The lowest BCUT2D eigenvalue weighted by atomic mass is 9.66. The Balaban J connectivity index is 1.83. The monoisotopic (exact) mass is 203 g/mol. The molecule has 0 aromatic heterocycles. The van der Waals surface area contributed by atoms with Gasteiger partial charge in [-0.1, -0.05) is 13.8 Å². The molecular formula is C10H18ClNO. The van der Waals surface area contributed by atoms with Crippen LogP contribution in [0.1, 0.15) is 26.7 Å². The van der Waals surface area contributed by atoms with Crippen molar-refractivity contribution >= 4 is 11.6 Å². The molecule has 1 aliphatic carbocycles. The van der Waals surface area contributed by atoms with Gasteiger partial charge in [0, 0.05) is 24.1 Å². The highest BCUT2D eigenvalue weighted by atomic mass is 35.5. The van der Waals surface area contributed by atoms with Crippen LogP contribution in [0.3, 0.4) is 0 Å². The van der Waals surface area contributed by atoms with Gasteiger partial charge in [-0.15, -0.1) is 11.6 Å². The third-order valence-electron chi connectivity index (χ3n) is 3.51. The Morgan fingerprint density at radius 2 is 2.23 bits per heavy atom. The highest BCUT2D eigenvalue weighted by Crippen LogP contribution is 2.44. The first-order chi connectivity index (χ1) is 6.10. The predicted octanol–water partition coefficient (Wildman–Crippen LogP) is 1.77. The average molecular weight is 204 g/mol. The zero-order valence-corrected chi connectivity index (χ0v) is 9.10. The molecule has 1 saturated heterocycles. The smallest absolute Gasteiger partial charge is 0.0620 e. The van der Waals surface area contributed by atoms with Crippen LogP contribution in [0.5, 0.6) is 0 Å². The van der Waals surface area contributed by atoms with E-state index in [1.165, 1.54) is 0 Å². The molecule has 3 unspecified atom stereocenters. The first kappa shape index (κ1) is 9.75. The minimum atomic E-state index is 0.254. The van der Waals surface area contributed by atoms with Crippen molar-refractivity contribution in [3.63, 3.8) is 0 Å². The fourth-order valence-corrected chi connectivity index (χ4v) is 2.44. The second-order valence-electron chi connectivity index (χ2n) is 4.80. The zero-order valence-electron chi connectivity index (χ0n) is 8.35. The lowest BCUT2D eigenvalue weighted by Gasteiger charge is -2.50. The number of hydrogen-bond acceptors (Lipinski definition) is 2. The van der Waals surface area contributed by atoms with Gasteiger partial charge in [-0.05, 0) is 18.3 Å². The molecule has 0 radical (unpaired) electrons.